The largest absolute Gasteiger partial charge is 0.469 e. The van der Waals surface area contributed by atoms with Gasteiger partial charge in [-0.15, -0.1) is 0 Å². The molecule has 0 spiro atoms. The highest BCUT2D eigenvalue weighted by atomic mass is 16.5. The molecule has 0 unspecified atom stereocenters. The summed E-state index contributed by atoms with van der Waals surface area (Å²) < 4.78 is 4.51. The highest BCUT2D eigenvalue weighted by Crippen LogP contribution is 1.94. The number of esters is 1. The third-order valence-corrected chi connectivity index (χ3v) is 1.94. The van der Waals surface area contributed by atoms with Crippen LogP contribution in [0.15, 0.2) is 0 Å². The van der Waals surface area contributed by atoms with Crippen molar-refractivity contribution in [3.63, 3.8) is 0 Å². The Morgan fingerprint density at radius 2 is 2.07 bits per heavy atom. The number of hydrogen-bond acceptors (Lipinski definition) is 4. The summed E-state index contributed by atoms with van der Waals surface area (Å²) in [4.78, 5) is 23.8. The van der Waals surface area contributed by atoms with Crippen LogP contribution in [0.5, 0.6) is 0 Å². The molecule has 15 heavy (non-hydrogen) atoms. The van der Waals surface area contributed by atoms with E-state index >= 15 is 0 Å². The van der Waals surface area contributed by atoms with E-state index < -0.39 is 0 Å². The molecule has 0 aromatic rings. The molecule has 0 fully saturated rings. The molecule has 1 N–H and O–H groups in total. The van der Waals surface area contributed by atoms with Crippen molar-refractivity contribution in [1.29, 1.82) is 0 Å². The van der Waals surface area contributed by atoms with Crippen molar-refractivity contribution in [2.75, 3.05) is 33.8 Å². The fraction of sp³-hybridized carbons (Fsp3) is 0.800. The fourth-order valence-corrected chi connectivity index (χ4v) is 1.17. The Balaban J connectivity index is 3.52. The summed E-state index contributed by atoms with van der Waals surface area (Å²) in [5.41, 5.74) is 0. The van der Waals surface area contributed by atoms with Gasteiger partial charge in [-0.3, -0.25) is 14.5 Å². The lowest BCUT2D eigenvalue weighted by Crippen LogP contribution is -2.35. The molecule has 0 radical (unpaired) electrons. The quantitative estimate of drug-likeness (QED) is 0.609. The van der Waals surface area contributed by atoms with Crippen LogP contribution in [-0.2, 0) is 14.3 Å². The van der Waals surface area contributed by atoms with Gasteiger partial charge in [-0.25, -0.2) is 0 Å². The van der Waals surface area contributed by atoms with E-state index in [1.807, 2.05) is 18.9 Å². The number of methoxy groups -OCH3 is 1. The third-order valence-electron chi connectivity index (χ3n) is 1.94. The summed E-state index contributed by atoms with van der Waals surface area (Å²) in [6, 6.07) is 0. The average molecular weight is 216 g/mol. The first kappa shape index (κ1) is 13.9. The minimum absolute atomic E-state index is 0.0121. The Morgan fingerprint density at radius 1 is 1.40 bits per heavy atom. The van der Waals surface area contributed by atoms with Crippen LogP contribution < -0.4 is 5.32 Å². The Bertz CT molecular complexity index is 207. The number of likely N-dealkylation sites (N-methyl/N-ethyl adjacent to an activating group) is 2. The Morgan fingerprint density at radius 3 is 2.60 bits per heavy atom. The van der Waals surface area contributed by atoms with Gasteiger partial charge in [0, 0.05) is 13.0 Å². The van der Waals surface area contributed by atoms with Crippen molar-refractivity contribution in [2.24, 2.45) is 0 Å². The van der Waals surface area contributed by atoms with Gasteiger partial charge >= 0.3 is 5.97 Å². The van der Waals surface area contributed by atoms with Crippen LogP contribution in [0.1, 0.15) is 19.8 Å². The molecule has 0 bridgehead atoms. The van der Waals surface area contributed by atoms with E-state index in [2.05, 4.69) is 10.1 Å². The highest BCUT2D eigenvalue weighted by molar-refractivity contribution is 5.77. The maximum atomic E-state index is 11.2. The number of ether oxygens (including phenoxy) is 1. The number of amides is 1. The summed E-state index contributed by atoms with van der Waals surface area (Å²) in [5, 5.41) is 2.71. The van der Waals surface area contributed by atoms with Gasteiger partial charge in [-0.05, 0) is 26.9 Å². The SMILES string of the molecule is CCNC(=O)CN(C)CCCC(=O)OC. The summed E-state index contributed by atoms with van der Waals surface area (Å²) in [6.07, 6.45) is 1.11. The summed E-state index contributed by atoms with van der Waals surface area (Å²) in [7, 11) is 3.23. The van der Waals surface area contributed by atoms with Crippen LogP contribution >= 0.6 is 0 Å². The molecular weight excluding hydrogens is 196 g/mol. The molecule has 0 aliphatic heterocycles. The normalized spacial score (nSPS) is 10.1. The molecule has 0 saturated carbocycles. The third kappa shape index (κ3) is 7.93. The van der Waals surface area contributed by atoms with Gasteiger partial charge in [0.15, 0.2) is 0 Å². The molecule has 1 amide bonds. The zero-order valence-corrected chi connectivity index (χ0v) is 9.71. The lowest BCUT2D eigenvalue weighted by atomic mass is 10.3. The van der Waals surface area contributed by atoms with Crippen LogP contribution in [0.4, 0.5) is 0 Å². The minimum Gasteiger partial charge on any atom is -0.469 e. The lowest BCUT2D eigenvalue weighted by molar-refractivity contribution is -0.140. The summed E-state index contributed by atoms with van der Waals surface area (Å²) >= 11 is 0. The Kier molecular flexibility index (Phi) is 7.62. The first-order valence-electron chi connectivity index (χ1n) is 5.12. The molecule has 0 atom stereocenters. The van der Waals surface area contributed by atoms with Crippen molar-refractivity contribution in [1.82, 2.24) is 10.2 Å². The van der Waals surface area contributed by atoms with Crippen LogP contribution in [0.3, 0.4) is 0 Å². The Labute approximate surface area is 90.8 Å². The number of nitrogens with zero attached hydrogens (tertiary/aromatic N) is 1. The molecule has 0 rings (SSSR count). The van der Waals surface area contributed by atoms with Gasteiger partial charge in [0.25, 0.3) is 0 Å². The van der Waals surface area contributed by atoms with E-state index in [0.717, 1.165) is 0 Å². The van der Waals surface area contributed by atoms with Gasteiger partial charge in [-0.2, -0.15) is 0 Å². The fourth-order valence-electron chi connectivity index (χ4n) is 1.17. The number of carbonyl (C=O) groups excluding carboxylic acids is 2. The van der Waals surface area contributed by atoms with E-state index in [0.29, 0.717) is 32.5 Å². The van der Waals surface area contributed by atoms with Gasteiger partial charge in [0.1, 0.15) is 0 Å². The van der Waals surface area contributed by atoms with Crippen LogP contribution in [0, 0.1) is 0 Å². The molecule has 0 aliphatic carbocycles. The lowest BCUT2D eigenvalue weighted by Gasteiger charge is -2.15. The second-order valence-electron chi connectivity index (χ2n) is 3.37. The first-order chi connectivity index (χ1) is 7.10. The molecule has 5 nitrogen and oxygen atoms in total. The van der Waals surface area contributed by atoms with Crippen LogP contribution in [0.25, 0.3) is 0 Å². The second-order valence-corrected chi connectivity index (χ2v) is 3.37. The van der Waals surface area contributed by atoms with E-state index in [-0.39, 0.29) is 11.9 Å². The van der Waals surface area contributed by atoms with E-state index in [1.165, 1.54) is 7.11 Å². The Hall–Kier alpha value is -1.10. The monoisotopic (exact) mass is 216 g/mol. The zero-order chi connectivity index (χ0) is 11.7. The van der Waals surface area contributed by atoms with Gasteiger partial charge < -0.3 is 10.1 Å². The van der Waals surface area contributed by atoms with Crippen LogP contribution in [0.2, 0.25) is 0 Å². The molecule has 0 aromatic heterocycles. The molecule has 0 aliphatic rings. The van der Waals surface area contributed by atoms with Crippen LogP contribution in [-0.4, -0.2) is 50.6 Å². The smallest absolute Gasteiger partial charge is 0.305 e. The van der Waals surface area contributed by atoms with Crippen molar-refractivity contribution in [3.8, 4) is 0 Å². The molecule has 0 saturated heterocycles. The topological polar surface area (TPSA) is 58.6 Å². The predicted molar refractivity (Wildman–Crippen MR) is 57.4 cm³/mol. The van der Waals surface area contributed by atoms with E-state index in [1.54, 1.807) is 0 Å². The van der Waals surface area contributed by atoms with Gasteiger partial charge in [0.05, 0.1) is 13.7 Å². The second kappa shape index (κ2) is 8.23. The molecule has 0 aromatic carbocycles. The van der Waals surface area contributed by atoms with Gasteiger partial charge in [0.2, 0.25) is 5.91 Å². The minimum atomic E-state index is -0.207. The number of nitrogens with one attached hydrogen (secondary N) is 1. The van der Waals surface area contributed by atoms with E-state index in [4.69, 9.17) is 0 Å². The number of hydrogen-bond donors (Lipinski definition) is 1. The summed E-state index contributed by atoms with van der Waals surface area (Å²) in [6.45, 7) is 3.62. The molecule has 0 heterocycles. The summed E-state index contributed by atoms with van der Waals surface area (Å²) in [5.74, 6) is -0.195. The number of carbonyl (C=O) groups is 2. The van der Waals surface area contributed by atoms with Crippen molar-refractivity contribution in [3.05, 3.63) is 0 Å². The molecular formula is C10H20N2O3. The predicted octanol–water partition coefficient (Wildman–Crippen LogP) is 0.00750. The van der Waals surface area contributed by atoms with Gasteiger partial charge in [-0.1, -0.05) is 0 Å². The molecule has 5 heteroatoms. The van der Waals surface area contributed by atoms with Crippen molar-refractivity contribution in [2.45, 2.75) is 19.8 Å². The standard InChI is InChI=1S/C10H20N2O3/c1-4-11-9(13)8-12(2)7-5-6-10(14)15-3/h4-8H2,1-3H3,(H,11,13). The first-order valence-corrected chi connectivity index (χ1v) is 5.12. The highest BCUT2D eigenvalue weighted by Gasteiger charge is 2.06. The van der Waals surface area contributed by atoms with Crippen molar-refractivity contribution < 1.29 is 14.3 Å². The van der Waals surface area contributed by atoms with Crippen molar-refractivity contribution >= 4 is 11.9 Å². The average Bonchev–Trinajstić information content (AvgIpc) is 2.17. The maximum Gasteiger partial charge on any atom is 0.305 e. The number of rotatable bonds is 7. The zero-order valence-electron chi connectivity index (χ0n) is 9.71. The maximum absolute atomic E-state index is 11.2. The molecule has 88 valence electrons. The van der Waals surface area contributed by atoms with E-state index in [9.17, 15) is 9.59 Å².